The SMILES string of the molecule is CC(C)C(=O)C([NH-])CCC(=O)O.[V]. The molecule has 5 heteroatoms. The second kappa shape index (κ2) is 7.12. The maximum absolute atomic E-state index is 11.1. The number of nitrogens with one attached hydrogen (secondary N) is 1. The Kier molecular flexibility index (Phi) is 8.31. The molecule has 0 aliphatic heterocycles. The molecule has 1 atom stereocenters. The van der Waals surface area contributed by atoms with Crippen molar-refractivity contribution in [3.63, 3.8) is 0 Å². The predicted molar refractivity (Wildman–Crippen MR) is 44.8 cm³/mol. The number of ketones is 1. The largest absolute Gasteiger partial charge is 0.668 e. The normalized spacial score (nSPS) is 12.0. The summed E-state index contributed by atoms with van der Waals surface area (Å²) in [6.45, 7) is 3.43. The van der Waals surface area contributed by atoms with Gasteiger partial charge in [-0.1, -0.05) is 26.3 Å². The molecule has 75 valence electrons. The molecule has 0 rings (SSSR count). The molecule has 0 aromatic rings. The van der Waals surface area contributed by atoms with Gasteiger partial charge in [-0.2, -0.15) is 0 Å². The average molecular weight is 223 g/mol. The van der Waals surface area contributed by atoms with Crippen LogP contribution in [0.3, 0.4) is 0 Å². The molecule has 2 N–H and O–H groups in total. The van der Waals surface area contributed by atoms with Gasteiger partial charge in [0.15, 0.2) is 0 Å². The summed E-state index contributed by atoms with van der Waals surface area (Å²) < 4.78 is 0. The standard InChI is InChI=1S/C8H14NO3.V/c1-5(2)8(12)6(9)3-4-7(10)11;/h5-6,9H,3-4H2,1-2H3,(H,10,11);/q-1;. The van der Waals surface area contributed by atoms with Gasteiger partial charge in [0.05, 0.1) is 0 Å². The van der Waals surface area contributed by atoms with Crippen LogP contribution in [0, 0.1) is 5.92 Å². The zero-order valence-corrected chi connectivity index (χ0v) is 9.18. The molecule has 0 spiro atoms. The van der Waals surface area contributed by atoms with Gasteiger partial charge in [0.1, 0.15) is 5.78 Å². The van der Waals surface area contributed by atoms with E-state index in [1.165, 1.54) is 0 Å². The van der Waals surface area contributed by atoms with Crippen LogP contribution >= 0.6 is 0 Å². The first-order valence-electron chi connectivity index (χ1n) is 3.91. The van der Waals surface area contributed by atoms with E-state index in [2.05, 4.69) is 0 Å². The van der Waals surface area contributed by atoms with E-state index in [1.807, 2.05) is 0 Å². The first-order chi connectivity index (χ1) is 5.45. The van der Waals surface area contributed by atoms with Crippen molar-refractivity contribution in [3.8, 4) is 0 Å². The molecule has 1 unspecified atom stereocenters. The van der Waals surface area contributed by atoms with Crippen molar-refractivity contribution in [1.29, 1.82) is 0 Å². The van der Waals surface area contributed by atoms with Gasteiger partial charge in [-0.25, -0.2) is 0 Å². The zero-order valence-electron chi connectivity index (χ0n) is 7.78. The van der Waals surface area contributed by atoms with Gasteiger partial charge in [0.25, 0.3) is 0 Å². The summed E-state index contributed by atoms with van der Waals surface area (Å²) in [5.74, 6) is -1.32. The second-order valence-electron chi connectivity index (χ2n) is 3.04. The molecule has 0 aromatic carbocycles. The molecule has 0 saturated carbocycles. The summed E-state index contributed by atoms with van der Waals surface area (Å²) in [5.41, 5.74) is 7.29. The molecular weight excluding hydrogens is 209 g/mol. The number of carboxylic acids is 1. The fourth-order valence-electron chi connectivity index (χ4n) is 0.812. The summed E-state index contributed by atoms with van der Waals surface area (Å²) >= 11 is 0. The van der Waals surface area contributed by atoms with Crippen LogP contribution in [0.4, 0.5) is 0 Å². The van der Waals surface area contributed by atoms with Gasteiger partial charge in [-0.05, 0) is 0 Å². The number of hydrogen-bond acceptors (Lipinski definition) is 2. The molecule has 1 radical (unpaired) electrons. The third-order valence-corrected chi connectivity index (χ3v) is 1.56. The number of Topliss-reactive ketones (excluding diaryl/α,β-unsaturated/α-hetero) is 1. The Bertz CT molecular complexity index is 182. The maximum Gasteiger partial charge on any atom is 0.303 e. The van der Waals surface area contributed by atoms with Crippen molar-refractivity contribution < 1.29 is 33.3 Å². The Labute approximate surface area is 89.8 Å². The average Bonchev–Trinajstić information content (AvgIpc) is 1.98. The van der Waals surface area contributed by atoms with E-state index in [0.717, 1.165) is 0 Å². The predicted octanol–water partition coefficient (Wildman–Crippen LogP) is 1.49. The van der Waals surface area contributed by atoms with Crippen molar-refractivity contribution in [2.75, 3.05) is 0 Å². The van der Waals surface area contributed by atoms with Crippen molar-refractivity contribution in [3.05, 3.63) is 5.73 Å². The Hall–Kier alpha value is -0.316. The van der Waals surface area contributed by atoms with Crippen LogP contribution in [0.5, 0.6) is 0 Å². The quantitative estimate of drug-likeness (QED) is 0.766. The minimum absolute atomic E-state index is 0. The molecule has 13 heavy (non-hydrogen) atoms. The van der Waals surface area contributed by atoms with Gasteiger partial charge < -0.3 is 15.6 Å². The Morgan fingerprint density at radius 3 is 2.15 bits per heavy atom. The van der Waals surface area contributed by atoms with Gasteiger partial charge in [0, 0.05) is 30.9 Å². The Morgan fingerprint density at radius 2 is 1.85 bits per heavy atom. The zero-order chi connectivity index (χ0) is 9.72. The number of rotatable bonds is 5. The number of carbonyl (C=O) groups is 2. The summed E-state index contributed by atoms with van der Waals surface area (Å²) in [7, 11) is 0. The number of aliphatic carboxylic acids is 1. The fourth-order valence-corrected chi connectivity index (χ4v) is 0.812. The van der Waals surface area contributed by atoms with Gasteiger partial charge in [-0.15, -0.1) is 0 Å². The van der Waals surface area contributed by atoms with Gasteiger partial charge in [-0.3, -0.25) is 4.79 Å². The molecule has 0 fully saturated rings. The van der Waals surface area contributed by atoms with Crippen LogP contribution in [0.25, 0.3) is 5.73 Å². The van der Waals surface area contributed by atoms with Gasteiger partial charge in [0.2, 0.25) is 0 Å². The molecule has 0 aliphatic rings. The molecule has 4 nitrogen and oxygen atoms in total. The molecule has 0 bridgehead atoms. The Balaban J connectivity index is 0. The van der Waals surface area contributed by atoms with E-state index in [-0.39, 0.29) is 43.1 Å². The third-order valence-electron chi connectivity index (χ3n) is 1.56. The molecule has 0 amide bonds. The first-order valence-corrected chi connectivity index (χ1v) is 3.91. The van der Waals surface area contributed by atoms with Crippen molar-refractivity contribution >= 4 is 11.8 Å². The third kappa shape index (κ3) is 6.81. The minimum Gasteiger partial charge on any atom is -0.668 e. The van der Waals surface area contributed by atoms with Crippen LogP contribution in [0.15, 0.2) is 0 Å². The molecule has 0 aliphatic carbocycles. The summed E-state index contributed by atoms with van der Waals surface area (Å²) in [5, 5.41) is 8.29. The molecule has 0 heterocycles. The molecular formula is C8H14NO3V-. The summed E-state index contributed by atoms with van der Waals surface area (Å²) in [6.07, 6.45) is 0.0129. The van der Waals surface area contributed by atoms with E-state index >= 15 is 0 Å². The monoisotopic (exact) mass is 223 g/mol. The van der Waals surface area contributed by atoms with E-state index < -0.39 is 12.0 Å². The van der Waals surface area contributed by atoms with Crippen molar-refractivity contribution in [2.24, 2.45) is 5.92 Å². The topological polar surface area (TPSA) is 78.2 Å². The van der Waals surface area contributed by atoms with Crippen molar-refractivity contribution in [1.82, 2.24) is 0 Å². The minimum atomic E-state index is -0.955. The van der Waals surface area contributed by atoms with Crippen molar-refractivity contribution in [2.45, 2.75) is 32.7 Å². The van der Waals surface area contributed by atoms with E-state index in [9.17, 15) is 9.59 Å². The first kappa shape index (κ1) is 15.2. The Morgan fingerprint density at radius 1 is 1.38 bits per heavy atom. The molecule has 0 aromatic heterocycles. The smallest absolute Gasteiger partial charge is 0.303 e. The van der Waals surface area contributed by atoms with Crippen LogP contribution in [0.2, 0.25) is 0 Å². The van der Waals surface area contributed by atoms with Crippen LogP contribution in [0.1, 0.15) is 26.7 Å². The second-order valence-corrected chi connectivity index (χ2v) is 3.04. The summed E-state index contributed by atoms with van der Waals surface area (Å²) in [4.78, 5) is 21.2. The number of hydrogen-bond donors (Lipinski definition) is 1. The van der Waals surface area contributed by atoms with Gasteiger partial charge >= 0.3 is 5.97 Å². The summed E-state index contributed by atoms with van der Waals surface area (Å²) in [6, 6.07) is -0.874. The maximum atomic E-state index is 11.1. The molecule has 0 saturated heterocycles. The van der Waals surface area contributed by atoms with Crippen LogP contribution in [-0.2, 0) is 28.1 Å². The van der Waals surface area contributed by atoms with E-state index in [4.69, 9.17) is 10.8 Å². The van der Waals surface area contributed by atoms with E-state index in [0.29, 0.717) is 0 Å². The fraction of sp³-hybridized carbons (Fsp3) is 0.750. The van der Waals surface area contributed by atoms with E-state index in [1.54, 1.807) is 13.8 Å². The van der Waals surface area contributed by atoms with Crippen LogP contribution < -0.4 is 0 Å². The van der Waals surface area contributed by atoms with Crippen LogP contribution in [-0.4, -0.2) is 22.9 Å². The number of carbonyl (C=O) groups excluding carboxylic acids is 1. The number of carboxylic acid groups (broad SMARTS) is 1.